The molecule has 1 amide bonds. The van der Waals surface area contributed by atoms with Gasteiger partial charge in [-0.15, -0.1) is 0 Å². The fraction of sp³-hybridized carbons (Fsp3) is 0.667. The van der Waals surface area contributed by atoms with Crippen LogP contribution < -0.4 is 11.1 Å². The van der Waals surface area contributed by atoms with Gasteiger partial charge in [0.15, 0.2) is 0 Å². The minimum atomic E-state index is -0.320. The second kappa shape index (κ2) is 5.45. The van der Waals surface area contributed by atoms with Crippen LogP contribution in [0.4, 0.5) is 0 Å². The summed E-state index contributed by atoms with van der Waals surface area (Å²) in [6, 6.07) is 0. The van der Waals surface area contributed by atoms with Gasteiger partial charge in [0.1, 0.15) is 0 Å². The molecule has 0 bridgehead atoms. The second-order valence-corrected chi connectivity index (χ2v) is 3.16. The van der Waals surface area contributed by atoms with Crippen molar-refractivity contribution in [2.75, 3.05) is 13.1 Å². The first kappa shape index (κ1) is 11.6. The summed E-state index contributed by atoms with van der Waals surface area (Å²) < 4.78 is 4.97. The van der Waals surface area contributed by atoms with E-state index in [4.69, 9.17) is 10.3 Å². The maximum Gasteiger partial charge on any atom is 0.292 e. The van der Waals surface area contributed by atoms with Gasteiger partial charge in [0, 0.05) is 13.1 Å². The number of hydrogen-bond donors (Lipinski definition) is 2. The van der Waals surface area contributed by atoms with Crippen molar-refractivity contribution < 1.29 is 9.32 Å². The molecule has 0 radical (unpaired) electrons. The number of hydrogen-bond acceptors (Lipinski definition) is 5. The number of nitrogens with one attached hydrogen (secondary N) is 1. The topological polar surface area (TPSA) is 94.0 Å². The van der Waals surface area contributed by atoms with E-state index in [-0.39, 0.29) is 17.6 Å². The average molecular weight is 212 g/mol. The highest BCUT2D eigenvalue weighted by Crippen LogP contribution is 2.15. The van der Waals surface area contributed by atoms with E-state index >= 15 is 0 Å². The lowest BCUT2D eigenvalue weighted by Crippen LogP contribution is -2.24. The lowest BCUT2D eigenvalue weighted by molar-refractivity contribution is 0.0942. The Bertz CT molecular complexity index is 320. The Hall–Kier alpha value is -1.43. The Morgan fingerprint density at radius 2 is 2.33 bits per heavy atom. The number of rotatable bonds is 5. The van der Waals surface area contributed by atoms with Crippen LogP contribution >= 0.6 is 0 Å². The summed E-state index contributed by atoms with van der Waals surface area (Å²) in [7, 11) is 0. The molecular formula is C9H16N4O2. The third-order valence-corrected chi connectivity index (χ3v) is 2.11. The predicted molar refractivity (Wildman–Crippen MR) is 54.4 cm³/mol. The van der Waals surface area contributed by atoms with Crippen molar-refractivity contribution in [3.63, 3.8) is 0 Å². The van der Waals surface area contributed by atoms with Crippen molar-refractivity contribution in [3.05, 3.63) is 11.7 Å². The molecule has 0 saturated heterocycles. The molecule has 6 heteroatoms. The van der Waals surface area contributed by atoms with Gasteiger partial charge in [0.2, 0.25) is 5.89 Å². The van der Waals surface area contributed by atoms with E-state index in [1.165, 1.54) is 0 Å². The van der Waals surface area contributed by atoms with Gasteiger partial charge in [-0.05, 0) is 13.3 Å². The van der Waals surface area contributed by atoms with Crippen LogP contribution in [0.3, 0.4) is 0 Å². The van der Waals surface area contributed by atoms with Gasteiger partial charge in [-0.1, -0.05) is 12.1 Å². The molecule has 0 aromatic carbocycles. The maximum absolute atomic E-state index is 11.3. The van der Waals surface area contributed by atoms with Crippen molar-refractivity contribution >= 4 is 5.91 Å². The second-order valence-electron chi connectivity index (χ2n) is 3.16. The van der Waals surface area contributed by atoms with Gasteiger partial charge in [-0.25, -0.2) is 0 Å². The van der Waals surface area contributed by atoms with E-state index in [2.05, 4.69) is 15.5 Å². The van der Waals surface area contributed by atoms with E-state index in [9.17, 15) is 4.79 Å². The number of amides is 1. The zero-order valence-electron chi connectivity index (χ0n) is 8.99. The highest BCUT2D eigenvalue weighted by atomic mass is 16.5. The van der Waals surface area contributed by atoms with E-state index < -0.39 is 0 Å². The fourth-order valence-electron chi connectivity index (χ4n) is 1.17. The highest BCUT2D eigenvalue weighted by molar-refractivity contribution is 5.90. The molecule has 0 aliphatic rings. The third-order valence-electron chi connectivity index (χ3n) is 2.11. The van der Waals surface area contributed by atoms with Crippen LogP contribution in [0.5, 0.6) is 0 Å². The van der Waals surface area contributed by atoms with Crippen LogP contribution in [-0.4, -0.2) is 29.1 Å². The van der Waals surface area contributed by atoms with E-state index in [1.807, 2.05) is 13.8 Å². The normalized spacial score (nSPS) is 12.5. The molecular weight excluding hydrogens is 196 g/mol. The van der Waals surface area contributed by atoms with Crippen LogP contribution in [0, 0.1) is 0 Å². The van der Waals surface area contributed by atoms with Gasteiger partial charge >= 0.3 is 0 Å². The van der Waals surface area contributed by atoms with Crippen LogP contribution in [-0.2, 0) is 0 Å². The van der Waals surface area contributed by atoms with E-state index in [1.54, 1.807) is 0 Å². The summed E-state index contributed by atoms with van der Waals surface area (Å²) in [5.41, 5.74) is 5.53. The van der Waals surface area contributed by atoms with Crippen molar-refractivity contribution in [2.45, 2.75) is 26.2 Å². The van der Waals surface area contributed by atoms with Crippen LogP contribution in [0.1, 0.15) is 42.7 Å². The molecule has 0 aliphatic heterocycles. The lowest BCUT2D eigenvalue weighted by atomic mass is 10.1. The average Bonchev–Trinajstić information content (AvgIpc) is 2.69. The standard InChI is InChI=1S/C9H16N4O2/c1-3-6(5-10)9-12-7(13-15-9)8(14)11-4-2/h6H,3-5,10H2,1-2H3,(H,11,14). The summed E-state index contributed by atoms with van der Waals surface area (Å²) in [6.07, 6.45) is 0.813. The zero-order valence-corrected chi connectivity index (χ0v) is 8.99. The highest BCUT2D eigenvalue weighted by Gasteiger charge is 2.18. The minimum absolute atomic E-state index is 0.0284. The Labute approximate surface area is 88.2 Å². The van der Waals surface area contributed by atoms with E-state index in [0.717, 1.165) is 6.42 Å². The molecule has 1 rings (SSSR count). The van der Waals surface area contributed by atoms with Crippen molar-refractivity contribution in [2.24, 2.45) is 5.73 Å². The monoisotopic (exact) mass is 212 g/mol. The van der Waals surface area contributed by atoms with Crippen molar-refractivity contribution in [3.8, 4) is 0 Å². The summed E-state index contributed by atoms with van der Waals surface area (Å²) in [4.78, 5) is 15.3. The Kier molecular flexibility index (Phi) is 4.23. The summed E-state index contributed by atoms with van der Waals surface area (Å²) in [5, 5.41) is 6.19. The molecule has 1 aromatic heterocycles. The first-order chi connectivity index (χ1) is 7.22. The molecule has 1 aromatic rings. The Morgan fingerprint density at radius 3 is 2.87 bits per heavy atom. The summed E-state index contributed by atoms with van der Waals surface area (Å²) in [6.45, 7) is 4.78. The minimum Gasteiger partial charge on any atom is -0.349 e. The first-order valence-corrected chi connectivity index (χ1v) is 5.04. The molecule has 0 aliphatic carbocycles. The maximum atomic E-state index is 11.3. The Balaban J connectivity index is 2.75. The van der Waals surface area contributed by atoms with Gasteiger partial charge in [0.25, 0.3) is 11.7 Å². The number of nitrogens with two attached hydrogens (primary N) is 1. The van der Waals surface area contributed by atoms with Gasteiger partial charge in [-0.3, -0.25) is 4.79 Å². The van der Waals surface area contributed by atoms with Crippen molar-refractivity contribution in [1.82, 2.24) is 15.5 Å². The van der Waals surface area contributed by atoms with E-state index in [0.29, 0.717) is 19.0 Å². The molecule has 1 atom stereocenters. The molecule has 1 unspecified atom stereocenters. The largest absolute Gasteiger partial charge is 0.349 e. The number of carbonyl (C=O) groups is 1. The van der Waals surface area contributed by atoms with Crippen LogP contribution in [0.15, 0.2) is 4.52 Å². The number of carbonyl (C=O) groups excluding carboxylic acids is 1. The van der Waals surface area contributed by atoms with Gasteiger partial charge < -0.3 is 15.6 Å². The quantitative estimate of drug-likeness (QED) is 0.730. The Morgan fingerprint density at radius 1 is 1.60 bits per heavy atom. The molecule has 0 fully saturated rings. The molecule has 6 nitrogen and oxygen atoms in total. The first-order valence-electron chi connectivity index (χ1n) is 5.04. The van der Waals surface area contributed by atoms with Crippen molar-refractivity contribution in [1.29, 1.82) is 0 Å². The zero-order chi connectivity index (χ0) is 11.3. The predicted octanol–water partition coefficient (Wildman–Crippen LogP) is 0.272. The summed E-state index contributed by atoms with van der Waals surface area (Å²) >= 11 is 0. The molecule has 0 spiro atoms. The molecule has 0 saturated carbocycles. The third kappa shape index (κ3) is 2.76. The molecule has 15 heavy (non-hydrogen) atoms. The van der Waals surface area contributed by atoms with Gasteiger partial charge in [0.05, 0.1) is 5.92 Å². The summed E-state index contributed by atoms with van der Waals surface area (Å²) in [5.74, 6) is 0.208. The number of nitrogens with zero attached hydrogens (tertiary/aromatic N) is 2. The van der Waals surface area contributed by atoms with Crippen LogP contribution in [0.2, 0.25) is 0 Å². The number of aromatic nitrogens is 2. The molecule has 84 valence electrons. The molecule has 1 heterocycles. The molecule has 3 N–H and O–H groups in total. The lowest BCUT2D eigenvalue weighted by Gasteiger charge is -2.04. The van der Waals surface area contributed by atoms with Gasteiger partial charge in [-0.2, -0.15) is 4.98 Å². The SMILES string of the molecule is CCNC(=O)c1noc(C(CC)CN)n1. The smallest absolute Gasteiger partial charge is 0.292 e. The van der Waals surface area contributed by atoms with Crippen LogP contribution in [0.25, 0.3) is 0 Å². The fourth-order valence-corrected chi connectivity index (χ4v) is 1.17.